The van der Waals surface area contributed by atoms with Crippen LogP contribution in [0.1, 0.15) is 10.4 Å². The van der Waals surface area contributed by atoms with Crippen molar-refractivity contribution in [3.63, 3.8) is 0 Å². The molecular weight excluding hydrogens is 310 g/mol. The van der Waals surface area contributed by atoms with Gasteiger partial charge in [0.2, 0.25) is 0 Å². The molecule has 5 heteroatoms. The molecule has 0 N–H and O–H groups in total. The molecule has 0 amide bonds. The summed E-state index contributed by atoms with van der Waals surface area (Å²) in [7, 11) is 0. The summed E-state index contributed by atoms with van der Waals surface area (Å²) < 4.78 is 7.44. The zero-order valence-electron chi connectivity index (χ0n) is 9.67. The molecule has 3 rings (SSSR count). The van der Waals surface area contributed by atoms with Crippen LogP contribution in [0.2, 0.25) is 0 Å². The molecule has 1 heterocycles. The van der Waals surface area contributed by atoms with Crippen LogP contribution in [0.4, 0.5) is 0 Å². The minimum absolute atomic E-state index is 0.394. The molecule has 1 aromatic heterocycles. The SMILES string of the molecule is O=Cc1ccc2c(c1)oc(=O)n2-c1ccccc1Br. The monoisotopic (exact) mass is 317 g/mol. The number of hydrogen-bond acceptors (Lipinski definition) is 3. The summed E-state index contributed by atoms with van der Waals surface area (Å²) in [4.78, 5) is 22.7. The van der Waals surface area contributed by atoms with Gasteiger partial charge in [-0.05, 0) is 46.3 Å². The molecule has 0 saturated carbocycles. The number of aromatic nitrogens is 1. The zero-order valence-corrected chi connectivity index (χ0v) is 11.3. The fraction of sp³-hybridized carbons (Fsp3) is 0. The van der Waals surface area contributed by atoms with Crippen LogP contribution >= 0.6 is 15.9 Å². The molecule has 3 aromatic rings. The van der Waals surface area contributed by atoms with E-state index in [1.165, 1.54) is 4.57 Å². The lowest BCUT2D eigenvalue weighted by Crippen LogP contribution is -2.12. The van der Waals surface area contributed by atoms with Gasteiger partial charge in [0.05, 0.1) is 11.2 Å². The maximum Gasteiger partial charge on any atom is 0.424 e. The van der Waals surface area contributed by atoms with E-state index in [0.717, 1.165) is 10.8 Å². The van der Waals surface area contributed by atoms with E-state index in [9.17, 15) is 9.59 Å². The van der Waals surface area contributed by atoms with Gasteiger partial charge in [-0.25, -0.2) is 9.36 Å². The van der Waals surface area contributed by atoms with Gasteiger partial charge in [0.25, 0.3) is 0 Å². The highest BCUT2D eigenvalue weighted by molar-refractivity contribution is 9.10. The number of hydrogen-bond donors (Lipinski definition) is 0. The second-order valence-electron chi connectivity index (χ2n) is 4.00. The first-order valence-corrected chi connectivity index (χ1v) is 6.35. The van der Waals surface area contributed by atoms with Crippen molar-refractivity contribution < 1.29 is 9.21 Å². The number of para-hydroxylation sites is 1. The average Bonchev–Trinajstić information content (AvgIpc) is 2.74. The predicted octanol–water partition coefficient (Wildman–Crippen LogP) is 3.16. The highest BCUT2D eigenvalue weighted by Gasteiger charge is 2.13. The van der Waals surface area contributed by atoms with Crippen molar-refractivity contribution in [2.45, 2.75) is 0 Å². The van der Waals surface area contributed by atoms with Crippen molar-refractivity contribution in [3.8, 4) is 5.69 Å². The lowest BCUT2D eigenvalue weighted by Gasteiger charge is -2.04. The van der Waals surface area contributed by atoms with Crippen LogP contribution in [0.5, 0.6) is 0 Å². The molecule has 0 aliphatic heterocycles. The van der Waals surface area contributed by atoms with Crippen LogP contribution in [0.3, 0.4) is 0 Å². The van der Waals surface area contributed by atoms with Crippen molar-refractivity contribution in [3.05, 3.63) is 63.1 Å². The summed E-state index contributed by atoms with van der Waals surface area (Å²) >= 11 is 3.41. The number of aldehydes is 1. The molecule has 0 unspecified atom stereocenters. The predicted molar refractivity (Wildman–Crippen MR) is 74.9 cm³/mol. The van der Waals surface area contributed by atoms with Crippen molar-refractivity contribution in [1.82, 2.24) is 4.57 Å². The fourth-order valence-electron chi connectivity index (χ4n) is 1.97. The van der Waals surface area contributed by atoms with E-state index < -0.39 is 5.76 Å². The van der Waals surface area contributed by atoms with Gasteiger partial charge in [-0.2, -0.15) is 0 Å². The third-order valence-corrected chi connectivity index (χ3v) is 3.50. The molecule has 19 heavy (non-hydrogen) atoms. The standard InChI is InChI=1S/C14H8BrNO3/c15-10-3-1-2-4-11(10)16-12-6-5-9(8-17)7-13(12)19-14(16)18/h1-8H. The van der Waals surface area contributed by atoms with Crippen molar-refractivity contribution >= 4 is 33.3 Å². The fourth-order valence-corrected chi connectivity index (χ4v) is 2.43. The molecule has 0 fully saturated rings. The lowest BCUT2D eigenvalue weighted by molar-refractivity contribution is 0.112. The topological polar surface area (TPSA) is 52.2 Å². The number of nitrogens with zero attached hydrogens (tertiary/aromatic N) is 1. The zero-order chi connectivity index (χ0) is 13.4. The number of halogens is 1. The Morgan fingerprint density at radius 3 is 2.68 bits per heavy atom. The average molecular weight is 318 g/mol. The highest BCUT2D eigenvalue weighted by atomic mass is 79.9. The Morgan fingerprint density at radius 1 is 1.16 bits per heavy atom. The maximum atomic E-state index is 12.0. The molecule has 4 nitrogen and oxygen atoms in total. The van der Waals surface area contributed by atoms with E-state index in [1.807, 2.05) is 24.3 Å². The van der Waals surface area contributed by atoms with Crippen LogP contribution in [0, 0.1) is 0 Å². The summed E-state index contributed by atoms with van der Waals surface area (Å²) in [6.07, 6.45) is 0.717. The molecule has 2 aromatic carbocycles. The molecule has 0 aliphatic carbocycles. The second kappa shape index (κ2) is 4.51. The number of carbonyl (C=O) groups is 1. The number of fused-ring (bicyclic) bond motifs is 1. The third kappa shape index (κ3) is 1.92. The quantitative estimate of drug-likeness (QED) is 0.682. The first-order chi connectivity index (χ1) is 9.20. The van der Waals surface area contributed by atoms with Gasteiger partial charge in [0, 0.05) is 10.0 Å². The largest absolute Gasteiger partial charge is 0.424 e. The van der Waals surface area contributed by atoms with Crippen LogP contribution in [-0.4, -0.2) is 10.9 Å². The lowest BCUT2D eigenvalue weighted by atomic mass is 10.2. The summed E-state index contributed by atoms with van der Waals surface area (Å²) in [6.45, 7) is 0. The van der Waals surface area contributed by atoms with Crippen molar-refractivity contribution in [2.75, 3.05) is 0 Å². The Kier molecular flexibility index (Phi) is 2.83. The van der Waals surface area contributed by atoms with Crippen molar-refractivity contribution in [2.24, 2.45) is 0 Å². The van der Waals surface area contributed by atoms with Gasteiger partial charge < -0.3 is 4.42 Å². The van der Waals surface area contributed by atoms with E-state index in [4.69, 9.17) is 4.42 Å². The van der Waals surface area contributed by atoms with E-state index in [-0.39, 0.29) is 0 Å². The molecule has 0 radical (unpaired) electrons. The number of benzene rings is 2. The van der Waals surface area contributed by atoms with E-state index >= 15 is 0 Å². The Labute approximate surface area is 116 Å². The Bertz CT molecular complexity index is 832. The minimum atomic E-state index is -0.482. The maximum absolute atomic E-state index is 12.0. The minimum Gasteiger partial charge on any atom is -0.407 e. The highest BCUT2D eigenvalue weighted by Crippen LogP contribution is 2.24. The number of carbonyl (C=O) groups excluding carboxylic acids is 1. The van der Waals surface area contributed by atoms with Gasteiger partial charge in [0.15, 0.2) is 5.58 Å². The molecular formula is C14H8BrNO3. The number of rotatable bonds is 2. The van der Waals surface area contributed by atoms with Gasteiger partial charge in [0.1, 0.15) is 6.29 Å². The molecule has 94 valence electrons. The first kappa shape index (κ1) is 11.9. The molecule has 0 spiro atoms. The van der Waals surface area contributed by atoms with Crippen LogP contribution in [-0.2, 0) is 0 Å². The van der Waals surface area contributed by atoms with Gasteiger partial charge in [-0.1, -0.05) is 12.1 Å². The Balaban J connectivity index is 2.36. The van der Waals surface area contributed by atoms with Crippen molar-refractivity contribution in [1.29, 1.82) is 0 Å². The molecule has 0 aliphatic rings. The summed E-state index contributed by atoms with van der Waals surface area (Å²) in [5.41, 5.74) is 2.19. The third-order valence-electron chi connectivity index (χ3n) is 2.83. The number of oxazole rings is 1. The Morgan fingerprint density at radius 2 is 1.95 bits per heavy atom. The second-order valence-corrected chi connectivity index (χ2v) is 4.85. The van der Waals surface area contributed by atoms with Gasteiger partial charge in [-0.15, -0.1) is 0 Å². The van der Waals surface area contributed by atoms with E-state index in [0.29, 0.717) is 22.4 Å². The first-order valence-electron chi connectivity index (χ1n) is 5.56. The van der Waals surface area contributed by atoms with E-state index in [2.05, 4.69) is 15.9 Å². The molecule has 0 saturated heterocycles. The summed E-state index contributed by atoms with van der Waals surface area (Å²) in [6, 6.07) is 12.3. The smallest absolute Gasteiger partial charge is 0.407 e. The van der Waals surface area contributed by atoms with Gasteiger partial charge >= 0.3 is 5.76 Å². The molecule has 0 bridgehead atoms. The van der Waals surface area contributed by atoms with E-state index in [1.54, 1.807) is 18.2 Å². The summed E-state index contributed by atoms with van der Waals surface area (Å²) in [5.74, 6) is -0.482. The van der Waals surface area contributed by atoms with Crippen LogP contribution in [0.15, 0.2) is 56.1 Å². The van der Waals surface area contributed by atoms with Gasteiger partial charge in [-0.3, -0.25) is 4.79 Å². The van der Waals surface area contributed by atoms with Crippen LogP contribution in [0.25, 0.3) is 16.8 Å². The normalized spacial score (nSPS) is 10.8. The van der Waals surface area contributed by atoms with Crippen LogP contribution < -0.4 is 5.76 Å². The Hall–Kier alpha value is -2.14. The summed E-state index contributed by atoms with van der Waals surface area (Å²) in [5, 5.41) is 0. The molecule has 0 atom stereocenters.